The van der Waals surface area contributed by atoms with Gasteiger partial charge >= 0.3 is 0 Å². The van der Waals surface area contributed by atoms with Gasteiger partial charge in [-0.25, -0.2) is 0 Å². The standard InChI is InChI=1S/C9H18O2S/c1-4-5-6-7-12(11)9(2,3)8-10/h4,10H,1,5-8H2,2-3H3. The first-order chi connectivity index (χ1) is 5.54. The van der Waals surface area contributed by atoms with Crippen molar-refractivity contribution in [1.29, 1.82) is 0 Å². The lowest BCUT2D eigenvalue weighted by molar-refractivity contribution is 0.262. The molecule has 0 heterocycles. The van der Waals surface area contributed by atoms with E-state index in [0.29, 0.717) is 5.75 Å². The van der Waals surface area contributed by atoms with Crippen LogP contribution in [0.25, 0.3) is 0 Å². The lowest BCUT2D eigenvalue weighted by Crippen LogP contribution is -2.32. The molecule has 0 fully saturated rings. The van der Waals surface area contributed by atoms with E-state index in [1.807, 2.05) is 19.9 Å². The van der Waals surface area contributed by atoms with Gasteiger partial charge in [0.2, 0.25) is 0 Å². The van der Waals surface area contributed by atoms with Crippen LogP contribution in [0, 0.1) is 0 Å². The number of rotatable bonds is 6. The molecule has 2 nitrogen and oxygen atoms in total. The van der Waals surface area contributed by atoms with Crippen molar-refractivity contribution in [3.63, 3.8) is 0 Å². The molecule has 12 heavy (non-hydrogen) atoms. The van der Waals surface area contributed by atoms with Gasteiger partial charge in [0.1, 0.15) is 0 Å². The van der Waals surface area contributed by atoms with Crippen molar-refractivity contribution in [2.75, 3.05) is 12.4 Å². The Hall–Kier alpha value is -0.150. The summed E-state index contributed by atoms with van der Waals surface area (Å²) in [6, 6.07) is 0. The number of aliphatic hydroxyl groups excluding tert-OH is 1. The molecule has 0 rings (SSSR count). The van der Waals surface area contributed by atoms with E-state index in [0.717, 1.165) is 12.8 Å². The van der Waals surface area contributed by atoms with Crippen molar-refractivity contribution in [2.45, 2.75) is 31.4 Å². The second-order valence-corrected chi connectivity index (χ2v) is 5.60. The quantitative estimate of drug-likeness (QED) is 0.509. The van der Waals surface area contributed by atoms with Gasteiger partial charge < -0.3 is 5.11 Å². The monoisotopic (exact) mass is 190 g/mol. The summed E-state index contributed by atoms with van der Waals surface area (Å²) >= 11 is 0. The number of hydrogen-bond donors (Lipinski definition) is 1. The molecule has 0 aromatic heterocycles. The second kappa shape index (κ2) is 5.49. The molecule has 72 valence electrons. The summed E-state index contributed by atoms with van der Waals surface area (Å²) in [5.74, 6) is 0.652. The molecule has 1 unspecified atom stereocenters. The molecule has 3 heteroatoms. The van der Waals surface area contributed by atoms with Crippen LogP contribution >= 0.6 is 0 Å². The van der Waals surface area contributed by atoms with Crippen molar-refractivity contribution >= 4 is 10.8 Å². The first-order valence-corrected chi connectivity index (χ1v) is 5.46. The number of unbranched alkanes of at least 4 members (excludes halogenated alkanes) is 1. The van der Waals surface area contributed by atoms with E-state index in [1.54, 1.807) is 0 Å². The minimum Gasteiger partial charge on any atom is -0.395 e. The van der Waals surface area contributed by atoms with Crippen LogP contribution < -0.4 is 0 Å². The zero-order valence-corrected chi connectivity index (χ0v) is 8.69. The Kier molecular flexibility index (Phi) is 5.42. The van der Waals surface area contributed by atoms with Gasteiger partial charge in [-0.05, 0) is 26.7 Å². The zero-order chi connectivity index (χ0) is 9.61. The van der Waals surface area contributed by atoms with E-state index in [2.05, 4.69) is 6.58 Å². The number of hydrogen-bond acceptors (Lipinski definition) is 2. The Morgan fingerprint density at radius 3 is 2.58 bits per heavy atom. The fourth-order valence-electron chi connectivity index (χ4n) is 0.707. The second-order valence-electron chi connectivity index (χ2n) is 3.40. The molecule has 1 atom stereocenters. The highest BCUT2D eigenvalue weighted by molar-refractivity contribution is 7.86. The van der Waals surface area contributed by atoms with E-state index in [4.69, 9.17) is 5.11 Å². The molecule has 0 aromatic carbocycles. The molecule has 0 aliphatic carbocycles. The van der Waals surface area contributed by atoms with Gasteiger partial charge in [-0.3, -0.25) is 4.21 Å². The fraction of sp³-hybridized carbons (Fsp3) is 0.778. The molecule has 0 aliphatic heterocycles. The SMILES string of the molecule is C=CCCCS(=O)C(C)(C)CO. The molecule has 0 saturated carbocycles. The summed E-state index contributed by atoms with van der Waals surface area (Å²) in [4.78, 5) is 0. The van der Waals surface area contributed by atoms with Gasteiger partial charge in [-0.2, -0.15) is 0 Å². The van der Waals surface area contributed by atoms with Crippen LogP contribution in [0.5, 0.6) is 0 Å². The fourth-order valence-corrected chi connectivity index (χ4v) is 1.83. The van der Waals surface area contributed by atoms with Gasteiger partial charge in [0.05, 0.1) is 11.4 Å². The molecular formula is C9H18O2S. The summed E-state index contributed by atoms with van der Waals surface area (Å²) in [5.41, 5.74) is 0. The first-order valence-electron chi connectivity index (χ1n) is 4.15. The van der Waals surface area contributed by atoms with E-state index in [-0.39, 0.29) is 6.61 Å². The topological polar surface area (TPSA) is 37.3 Å². The number of allylic oxidation sites excluding steroid dienone is 1. The minimum absolute atomic E-state index is 0.0201. The van der Waals surface area contributed by atoms with Crippen LogP contribution in [0.15, 0.2) is 12.7 Å². The van der Waals surface area contributed by atoms with E-state index in [9.17, 15) is 4.21 Å². The molecular weight excluding hydrogens is 172 g/mol. The third-order valence-electron chi connectivity index (χ3n) is 1.74. The predicted molar refractivity (Wildman–Crippen MR) is 53.6 cm³/mol. The Balaban J connectivity index is 3.79. The zero-order valence-electron chi connectivity index (χ0n) is 7.88. The van der Waals surface area contributed by atoms with Crippen LogP contribution in [0.2, 0.25) is 0 Å². The lowest BCUT2D eigenvalue weighted by atomic mass is 10.2. The van der Waals surface area contributed by atoms with Crippen LogP contribution in [-0.4, -0.2) is 26.4 Å². The molecule has 0 bridgehead atoms. The van der Waals surface area contributed by atoms with Crippen molar-refractivity contribution in [3.05, 3.63) is 12.7 Å². The van der Waals surface area contributed by atoms with Crippen LogP contribution in [0.3, 0.4) is 0 Å². The maximum atomic E-state index is 11.5. The van der Waals surface area contributed by atoms with Gasteiger partial charge in [0.25, 0.3) is 0 Å². The van der Waals surface area contributed by atoms with Crippen molar-refractivity contribution in [3.8, 4) is 0 Å². The molecule has 1 N–H and O–H groups in total. The lowest BCUT2D eigenvalue weighted by Gasteiger charge is -2.20. The summed E-state index contributed by atoms with van der Waals surface area (Å²) in [6.45, 7) is 7.20. The Labute approximate surface area is 77.1 Å². The van der Waals surface area contributed by atoms with Crippen molar-refractivity contribution in [1.82, 2.24) is 0 Å². The summed E-state index contributed by atoms with van der Waals surface area (Å²) in [5, 5.41) is 8.91. The smallest absolute Gasteiger partial charge is 0.0633 e. The van der Waals surface area contributed by atoms with Crippen LogP contribution in [0.1, 0.15) is 26.7 Å². The minimum atomic E-state index is -0.930. The maximum absolute atomic E-state index is 11.5. The summed E-state index contributed by atoms with van der Waals surface area (Å²) in [6.07, 6.45) is 3.61. The van der Waals surface area contributed by atoms with Gasteiger partial charge in [0, 0.05) is 16.6 Å². The van der Waals surface area contributed by atoms with Crippen molar-refractivity contribution < 1.29 is 9.32 Å². The van der Waals surface area contributed by atoms with E-state index in [1.165, 1.54) is 0 Å². The highest BCUT2D eigenvalue weighted by Gasteiger charge is 2.23. The van der Waals surface area contributed by atoms with E-state index >= 15 is 0 Å². The van der Waals surface area contributed by atoms with Crippen LogP contribution in [0.4, 0.5) is 0 Å². The van der Waals surface area contributed by atoms with Gasteiger partial charge in [0.15, 0.2) is 0 Å². The first kappa shape index (κ1) is 11.8. The normalized spacial score (nSPS) is 14.2. The maximum Gasteiger partial charge on any atom is 0.0633 e. The van der Waals surface area contributed by atoms with Gasteiger partial charge in [-0.15, -0.1) is 6.58 Å². The highest BCUT2D eigenvalue weighted by Crippen LogP contribution is 2.13. The molecule has 0 amide bonds. The molecule has 0 saturated heterocycles. The molecule has 0 aliphatic rings. The Morgan fingerprint density at radius 1 is 1.58 bits per heavy atom. The van der Waals surface area contributed by atoms with Gasteiger partial charge in [-0.1, -0.05) is 6.08 Å². The molecule has 0 aromatic rings. The molecule has 0 radical (unpaired) electrons. The van der Waals surface area contributed by atoms with Crippen molar-refractivity contribution in [2.24, 2.45) is 0 Å². The van der Waals surface area contributed by atoms with E-state index < -0.39 is 15.5 Å². The average Bonchev–Trinajstić information content (AvgIpc) is 2.05. The third kappa shape index (κ3) is 4.02. The Bertz CT molecular complexity index is 164. The molecule has 0 spiro atoms. The van der Waals surface area contributed by atoms with Crippen LogP contribution in [-0.2, 0) is 10.8 Å². The predicted octanol–water partition coefficient (Wildman–Crippen LogP) is 1.47. The third-order valence-corrected chi connectivity index (χ3v) is 3.76. The summed E-state index contributed by atoms with van der Waals surface area (Å²) in [7, 11) is -0.930. The largest absolute Gasteiger partial charge is 0.395 e. The summed E-state index contributed by atoms with van der Waals surface area (Å²) < 4.78 is 11.0. The average molecular weight is 190 g/mol. The highest BCUT2D eigenvalue weighted by atomic mass is 32.2. The number of aliphatic hydroxyl groups is 1. The Morgan fingerprint density at radius 2 is 2.17 bits per heavy atom.